The Bertz CT molecular complexity index is 1970. The van der Waals surface area contributed by atoms with Crippen molar-refractivity contribution in [1.29, 1.82) is 0 Å². The third-order valence-electron chi connectivity index (χ3n) is 9.96. The normalized spacial score (nSPS) is 18.2. The molecule has 0 saturated carbocycles. The molecule has 3 aromatic heterocycles. The Hall–Kier alpha value is -5.87. The molecule has 2 aliphatic heterocycles. The fraction of sp³-hybridized carbons (Fsp3) is 0.486. The molecule has 0 bridgehead atoms. The summed E-state index contributed by atoms with van der Waals surface area (Å²) < 4.78 is 17.1. The first-order valence-corrected chi connectivity index (χ1v) is 18.1. The number of aromatic amines is 1. The van der Waals surface area contributed by atoms with Crippen molar-refractivity contribution in [2.24, 2.45) is 11.8 Å². The maximum Gasteiger partial charge on any atom is 0.407 e. The second-order valence-electron chi connectivity index (χ2n) is 14.3. The largest absolute Gasteiger partial charge is 0.453 e. The van der Waals surface area contributed by atoms with Crippen LogP contribution in [0.5, 0.6) is 0 Å². The van der Waals surface area contributed by atoms with E-state index in [1.807, 2.05) is 52.0 Å². The van der Waals surface area contributed by atoms with Crippen molar-refractivity contribution in [2.75, 3.05) is 32.6 Å². The molecule has 1 aromatic carbocycles. The molecule has 17 nitrogen and oxygen atoms in total. The van der Waals surface area contributed by atoms with Crippen molar-refractivity contribution in [3.63, 3.8) is 0 Å². The highest BCUT2D eigenvalue weighted by Crippen LogP contribution is 2.33. The number of alkyl carbamates (subject to hydrolysis) is 2. The van der Waals surface area contributed by atoms with E-state index in [1.165, 1.54) is 19.1 Å². The number of nitrogens with zero attached hydrogens (tertiary/aromatic N) is 5. The van der Waals surface area contributed by atoms with Crippen molar-refractivity contribution >= 4 is 41.6 Å². The minimum Gasteiger partial charge on any atom is -0.453 e. The zero-order valence-electron chi connectivity index (χ0n) is 31.3. The van der Waals surface area contributed by atoms with E-state index in [4.69, 9.17) is 9.15 Å². The number of ether oxygens (including phenoxy) is 2. The van der Waals surface area contributed by atoms with Crippen LogP contribution in [0.25, 0.3) is 28.4 Å². The summed E-state index contributed by atoms with van der Waals surface area (Å²) in [6, 6.07) is 5.22. The van der Waals surface area contributed by atoms with Crippen LogP contribution in [0.2, 0.25) is 0 Å². The van der Waals surface area contributed by atoms with Crippen LogP contribution in [0.4, 0.5) is 15.4 Å². The number of anilines is 1. The Morgan fingerprint density at radius 1 is 0.833 bits per heavy atom. The van der Waals surface area contributed by atoms with Gasteiger partial charge in [-0.2, -0.15) is 4.98 Å². The van der Waals surface area contributed by atoms with Gasteiger partial charge in [0.05, 0.1) is 44.5 Å². The quantitative estimate of drug-likeness (QED) is 0.171. The second kappa shape index (κ2) is 16.0. The lowest BCUT2D eigenvalue weighted by molar-refractivity contribution is -0.139. The highest BCUT2D eigenvalue weighted by molar-refractivity contribution is 5.98. The number of carbonyl (C=O) groups is 5. The number of rotatable bonds is 11. The van der Waals surface area contributed by atoms with Crippen LogP contribution < -0.4 is 16.0 Å². The number of methoxy groups -OCH3 is 2. The van der Waals surface area contributed by atoms with Crippen molar-refractivity contribution in [3.8, 4) is 22.6 Å². The molecule has 54 heavy (non-hydrogen) atoms. The molecule has 0 spiro atoms. The van der Waals surface area contributed by atoms with Crippen molar-refractivity contribution in [1.82, 2.24) is 39.8 Å². The van der Waals surface area contributed by atoms with E-state index in [2.05, 4.69) is 35.6 Å². The number of aromatic nitrogens is 4. The number of amides is 5. The summed E-state index contributed by atoms with van der Waals surface area (Å²) in [5.41, 5.74) is 2.49. The van der Waals surface area contributed by atoms with E-state index in [1.54, 1.807) is 27.9 Å². The van der Waals surface area contributed by atoms with Gasteiger partial charge in [-0.1, -0.05) is 52.0 Å². The molecule has 4 N–H and O–H groups in total. The Labute approximate surface area is 312 Å². The SMILES string of the molecule is COC(=O)N[C@H](C(=O)N1CCC[C@H]1C(=O)Nc1cn2cc(-c3ccc(-c4cnc([C@@H]5CCCN5C(=O)[C@@H](NC(=O)OC)C(C)C)[nH]4)cc3)oc2n1)C(C)C. The van der Waals surface area contributed by atoms with Gasteiger partial charge in [-0.15, -0.1) is 0 Å². The molecule has 5 heterocycles. The van der Waals surface area contributed by atoms with Crippen LogP contribution in [0, 0.1) is 11.8 Å². The van der Waals surface area contributed by atoms with Crippen LogP contribution in [-0.2, 0) is 23.9 Å². The molecule has 5 amide bonds. The highest BCUT2D eigenvalue weighted by atomic mass is 16.5. The average Bonchev–Trinajstić information content (AvgIpc) is 4.00. The van der Waals surface area contributed by atoms with Gasteiger partial charge >= 0.3 is 18.0 Å². The Morgan fingerprint density at radius 2 is 1.43 bits per heavy atom. The van der Waals surface area contributed by atoms with Gasteiger partial charge in [-0.05, 0) is 43.1 Å². The molecule has 0 aliphatic carbocycles. The summed E-state index contributed by atoms with van der Waals surface area (Å²) in [4.78, 5) is 79.7. The number of hydrogen-bond acceptors (Lipinski definition) is 10. The van der Waals surface area contributed by atoms with Gasteiger partial charge in [0, 0.05) is 18.7 Å². The monoisotopic (exact) mass is 745 g/mol. The molecule has 4 atom stereocenters. The van der Waals surface area contributed by atoms with Gasteiger partial charge < -0.3 is 44.6 Å². The smallest absolute Gasteiger partial charge is 0.407 e. The molecular formula is C37H47N9O8. The summed E-state index contributed by atoms with van der Waals surface area (Å²) in [7, 11) is 2.51. The predicted molar refractivity (Wildman–Crippen MR) is 196 cm³/mol. The first-order chi connectivity index (χ1) is 25.9. The maximum atomic E-state index is 13.5. The van der Waals surface area contributed by atoms with E-state index < -0.39 is 30.3 Å². The summed E-state index contributed by atoms with van der Waals surface area (Å²) in [5.74, 6) is 0.593. The minimum absolute atomic E-state index is 0.126. The van der Waals surface area contributed by atoms with Crippen LogP contribution in [0.3, 0.4) is 0 Å². The molecule has 4 aromatic rings. The van der Waals surface area contributed by atoms with Crippen molar-refractivity contribution in [3.05, 3.63) is 48.7 Å². The van der Waals surface area contributed by atoms with Crippen LogP contribution >= 0.6 is 0 Å². The van der Waals surface area contributed by atoms with Gasteiger partial charge in [0.1, 0.15) is 23.9 Å². The van der Waals surface area contributed by atoms with E-state index in [9.17, 15) is 24.0 Å². The van der Waals surface area contributed by atoms with Crippen molar-refractivity contribution in [2.45, 2.75) is 77.5 Å². The van der Waals surface area contributed by atoms with Crippen molar-refractivity contribution < 1.29 is 37.9 Å². The summed E-state index contributed by atoms with van der Waals surface area (Å²) in [6.07, 6.45) is 6.51. The maximum absolute atomic E-state index is 13.5. The molecule has 0 radical (unpaired) electrons. The third kappa shape index (κ3) is 7.89. The minimum atomic E-state index is -0.827. The molecule has 0 unspecified atom stereocenters. The molecule has 2 aliphatic rings. The fourth-order valence-corrected chi connectivity index (χ4v) is 7.04. The van der Waals surface area contributed by atoms with Gasteiger partial charge in [-0.3, -0.25) is 18.8 Å². The standard InChI is InChI=1S/C37H47N9O8/c1-20(2)29(42-36(50)52-5)33(48)45-15-7-9-25(45)31-38-17-24(39-31)22-11-13-23(14-12-22)27-18-44-19-28(41-35(44)54-27)40-32(47)26-10-8-16-46(26)34(49)30(21(3)4)43-37(51)53-6/h11-14,17-21,25-26,29-30H,7-10,15-16H2,1-6H3,(H,38,39)(H,40,47)(H,42,50)(H,43,51)/t25-,26-,29-,30-/m0/s1. The van der Waals surface area contributed by atoms with Crippen LogP contribution in [-0.4, -0.2) is 104 Å². The van der Waals surface area contributed by atoms with E-state index in [0.717, 1.165) is 29.7 Å². The third-order valence-corrected chi connectivity index (χ3v) is 9.96. The number of oxazole rings is 1. The van der Waals surface area contributed by atoms with E-state index in [-0.39, 0.29) is 47.3 Å². The first kappa shape index (κ1) is 37.9. The number of likely N-dealkylation sites (tertiary alicyclic amines) is 2. The predicted octanol–water partition coefficient (Wildman–Crippen LogP) is 4.34. The molecular weight excluding hydrogens is 698 g/mol. The molecule has 17 heteroatoms. The number of benzene rings is 1. The second-order valence-corrected chi connectivity index (χ2v) is 14.3. The lowest BCUT2D eigenvalue weighted by Gasteiger charge is -2.30. The summed E-state index contributed by atoms with van der Waals surface area (Å²) >= 11 is 0. The molecule has 2 fully saturated rings. The number of hydrogen-bond donors (Lipinski definition) is 4. The van der Waals surface area contributed by atoms with Crippen LogP contribution in [0.15, 0.2) is 47.3 Å². The highest BCUT2D eigenvalue weighted by Gasteiger charge is 2.40. The summed E-state index contributed by atoms with van der Waals surface area (Å²) in [6.45, 7) is 8.36. The lowest BCUT2D eigenvalue weighted by atomic mass is 10.0. The molecule has 2 saturated heterocycles. The zero-order valence-corrected chi connectivity index (χ0v) is 31.3. The molecule has 6 rings (SSSR count). The topological polar surface area (TPSA) is 205 Å². The Kier molecular flexibility index (Phi) is 11.2. The number of nitrogens with one attached hydrogen (secondary N) is 4. The number of fused-ring (bicyclic) bond motifs is 1. The zero-order chi connectivity index (χ0) is 38.7. The summed E-state index contributed by atoms with van der Waals surface area (Å²) in [5, 5.41) is 8.06. The van der Waals surface area contributed by atoms with E-state index >= 15 is 0 Å². The lowest BCUT2D eigenvalue weighted by Crippen LogP contribution is -2.54. The van der Waals surface area contributed by atoms with Gasteiger partial charge in [0.15, 0.2) is 11.6 Å². The first-order valence-electron chi connectivity index (χ1n) is 18.1. The van der Waals surface area contributed by atoms with E-state index in [0.29, 0.717) is 37.5 Å². The van der Waals surface area contributed by atoms with Gasteiger partial charge in [-0.25, -0.2) is 14.6 Å². The van der Waals surface area contributed by atoms with Gasteiger partial charge in [0.25, 0.3) is 0 Å². The van der Waals surface area contributed by atoms with Gasteiger partial charge in [0.2, 0.25) is 17.7 Å². The number of carbonyl (C=O) groups excluding carboxylic acids is 5. The van der Waals surface area contributed by atoms with Crippen LogP contribution in [0.1, 0.15) is 65.2 Å². The average molecular weight is 746 g/mol. The molecule has 288 valence electrons. The fourth-order valence-electron chi connectivity index (χ4n) is 7.04. The number of H-pyrrole nitrogens is 1. The number of imidazole rings is 2. The Balaban J connectivity index is 1.09. The Morgan fingerprint density at radius 3 is 2.04 bits per heavy atom.